The highest BCUT2D eigenvalue weighted by atomic mass is 19.1. The number of ether oxygens (including phenoxy) is 1. The summed E-state index contributed by atoms with van der Waals surface area (Å²) in [7, 11) is 0. The summed E-state index contributed by atoms with van der Waals surface area (Å²) < 4.78 is 19.1. The van der Waals surface area contributed by atoms with Crippen LogP contribution in [0.5, 0.6) is 5.75 Å². The van der Waals surface area contributed by atoms with Gasteiger partial charge in [-0.1, -0.05) is 60.7 Å². The molecule has 1 amide bonds. The molecule has 0 aliphatic carbocycles. The first-order chi connectivity index (χ1) is 14.1. The molecule has 3 aromatic rings. The van der Waals surface area contributed by atoms with Gasteiger partial charge >= 0.3 is 0 Å². The smallest absolute Gasteiger partial charge is 0.258 e. The molecular formula is C23H22FNO4. The zero-order valence-electron chi connectivity index (χ0n) is 15.7. The zero-order valence-corrected chi connectivity index (χ0v) is 15.7. The molecule has 0 spiro atoms. The lowest BCUT2D eigenvalue weighted by molar-refractivity contribution is -0.123. The minimum atomic E-state index is -0.594. The summed E-state index contributed by atoms with van der Waals surface area (Å²) >= 11 is 0. The average molecular weight is 395 g/mol. The van der Waals surface area contributed by atoms with Crippen LogP contribution in [0.25, 0.3) is 0 Å². The monoisotopic (exact) mass is 395 g/mol. The van der Waals surface area contributed by atoms with Crippen molar-refractivity contribution >= 4 is 5.91 Å². The van der Waals surface area contributed by atoms with E-state index in [-0.39, 0.29) is 35.4 Å². The Hall–Kier alpha value is -3.22. The van der Waals surface area contributed by atoms with Crippen molar-refractivity contribution in [1.82, 2.24) is 5.32 Å². The molecule has 0 radical (unpaired) electrons. The van der Waals surface area contributed by atoms with Crippen LogP contribution in [-0.2, 0) is 18.0 Å². The lowest BCUT2D eigenvalue weighted by Gasteiger charge is -2.20. The molecule has 150 valence electrons. The molecule has 5 nitrogen and oxygen atoms in total. The van der Waals surface area contributed by atoms with Gasteiger partial charge in [0.05, 0.1) is 19.3 Å². The Morgan fingerprint density at radius 1 is 0.897 bits per heavy atom. The van der Waals surface area contributed by atoms with Crippen LogP contribution in [0, 0.1) is 5.82 Å². The predicted molar refractivity (Wildman–Crippen MR) is 107 cm³/mol. The summed E-state index contributed by atoms with van der Waals surface area (Å²) in [5.41, 5.74) is 2.18. The fraction of sp³-hybridized carbons (Fsp3) is 0.174. The van der Waals surface area contributed by atoms with Crippen molar-refractivity contribution in [2.75, 3.05) is 6.61 Å². The van der Waals surface area contributed by atoms with Crippen molar-refractivity contribution in [2.24, 2.45) is 0 Å². The highest BCUT2D eigenvalue weighted by Crippen LogP contribution is 2.26. The minimum absolute atomic E-state index is 0.113. The van der Waals surface area contributed by atoms with Gasteiger partial charge in [-0.15, -0.1) is 0 Å². The van der Waals surface area contributed by atoms with Gasteiger partial charge in [-0.25, -0.2) is 4.39 Å². The van der Waals surface area contributed by atoms with Crippen molar-refractivity contribution in [3.63, 3.8) is 0 Å². The maximum Gasteiger partial charge on any atom is 0.258 e. The Bertz CT molecular complexity index is 883. The number of aliphatic hydroxyl groups is 2. The van der Waals surface area contributed by atoms with Crippen molar-refractivity contribution in [3.05, 3.63) is 101 Å². The molecule has 0 aliphatic rings. The van der Waals surface area contributed by atoms with Crippen molar-refractivity contribution in [2.45, 2.75) is 19.3 Å². The van der Waals surface area contributed by atoms with Crippen LogP contribution < -0.4 is 10.1 Å². The fourth-order valence-electron chi connectivity index (χ4n) is 3.12. The van der Waals surface area contributed by atoms with E-state index in [9.17, 15) is 19.4 Å². The molecule has 3 N–H and O–H groups in total. The molecule has 6 heteroatoms. The van der Waals surface area contributed by atoms with Crippen LogP contribution in [0.4, 0.5) is 4.39 Å². The zero-order chi connectivity index (χ0) is 20.6. The number of amides is 1. The number of rotatable bonds is 8. The summed E-state index contributed by atoms with van der Waals surface area (Å²) in [6.45, 7) is -1.29. The lowest BCUT2D eigenvalue weighted by Crippen LogP contribution is -2.33. The second-order valence-electron chi connectivity index (χ2n) is 6.48. The maximum absolute atomic E-state index is 13.6. The van der Waals surface area contributed by atoms with E-state index >= 15 is 0 Å². The second kappa shape index (κ2) is 9.82. The van der Waals surface area contributed by atoms with Gasteiger partial charge in [0.2, 0.25) is 0 Å². The summed E-state index contributed by atoms with van der Waals surface area (Å²) in [5.74, 6) is -0.870. The first kappa shape index (κ1) is 20.5. The minimum Gasteiger partial charge on any atom is -0.483 e. The Kier molecular flexibility index (Phi) is 6.94. The van der Waals surface area contributed by atoms with Crippen LogP contribution in [-0.4, -0.2) is 22.7 Å². The van der Waals surface area contributed by atoms with Crippen molar-refractivity contribution < 1.29 is 24.1 Å². The molecule has 0 fully saturated rings. The third-order valence-corrected chi connectivity index (χ3v) is 4.47. The maximum atomic E-state index is 13.6. The first-order valence-corrected chi connectivity index (χ1v) is 9.17. The number of carbonyl (C=O) groups excluding carboxylic acids is 1. The second-order valence-corrected chi connectivity index (χ2v) is 6.48. The molecule has 0 bridgehead atoms. The van der Waals surface area contributed by atoms with E-state index in [1.54, 1.807) is 0 Å². The standard InChI is InChI=1S/C23H22FNO4/c24-20-11-18(13-26)23(19(12-20)14-27)29-15-21(28)25-22(16-7-3-1-4-8-16)17-9-5-2-6-10-17/h1-12,22,26-27H,13-15H2,(H,25,28). The van der Waals surface area contributed by atoms with Crippen LogP contribution >= 0.6 is 0 Å². The highest BCUT2D eigenvalue weighted by Gasteiger charge is 2.18. The van der Waals surface area contributed by atoms with Gasteiger partial charge in [0.25, 0.3) is 5.91 Å². The molecule has 0 saturated carbocycles. The molecule has 0 unspecified atom stereocenters. The van der Waals surface area contributed by atoms with E-state index in [4.69, 9.17) is 4.74 Å². The van der Waals surface area contributed by atoms with Crippen LogP contribution in [0.1, 0.15) is 28.3 Å². The number of nitrogens with one attached hydrogen (secondary N) is 1. The Balaban J connectivity index is 1.77. The lowest BCUT2D eigenvalue weighted by atomic mass is 9.99. The van der Waals surface area contributed by atoms with E-state index in [1.807, 2.05) is 60.7 Å². The summed E-state index contributed by atoms with van der Waals surface area (Å²) in [5, 5.41) is 21.8. The summed E-state index contributed by atoms with van der Waals surface area (Å²) in [6, 6.07) is 20.9. The summed E-state index contributed by atoms with van der Waals surface area (Å²) in [4.78, 5) is 12.6. The van der Waals surface area contributed by atoms with Crippen molar-refractivity contribution in [1.29, 1.82) is 0 Å². The fourth-order valence-corrected chi connectivity index (χ4v) is 3.12. The van der Waals surface area contributed by atoms with Gasteiger partial charge in [0, 0.05) is 11.1 Å². The molecule has 29 heavy (non-hydrogen) atoms. The van der Waals surface area contributed by atoms with Crippen molar-refractivity contribution in [3.8, 4) is 5.75 Å². The molecule has 3 aromatic carbocycles. The molecular weight excluding hydrogens is 373 g/mol. The molecule has 0 aromatic heterocycles. The number of hydrogen-bond donors (Lipinski definition) is 3. The van der Waals surface area contributed by atoms with E-state index in [2.05, 4.69) is 5.32 Å². The first-order valence-electron chi connectivity index (χ1n) is 9.17. The van der Waals surface area contributed by atoms with E-state index in [0.29, 0.717) is 0 Å². The Morgan fingerprint density at radius 2 is 1.38 bits per heavy atom. The predicted octanol–water partition coefficient (Wildman–Crippen LogP) is 3.09. The van der Waals surface area contributed by atoms with Gasteiger partial charge in [-0.3, -0.25) is 4.79 Å². The third-order valence-electron chi connectivity index (χ3n) is 4.47. The average Bonchev–Trinajstić information content (AvgIpc) is 2.77. The van der Waals surface area contributed by atoms with E-state index < -0.39 is 19.0 Å². The highest BCUT2D eigenvalue weighted by molar-refractivity contribution is 5.78. The largest absolute Gasteiger partial charge is 0.483 e. The SMILES string of the molecule is O=C(COc1c(CO)cc(F)cc1CO)NC(c1ccccc1)c1ccccc1. The normalized spacial score (nSPS) is 10.8. The van der Waals surface area contributed by atoms with E-state index in [1.165, 1.54) is 0 Å². The number of hydrogen-bond acceptors (Lipinski definition) is 4. The molecule has 0 aliphatic heterocycles. The molecule has 3 rings (SSSR count). The van der Waals surface area contributed by atoms with Crippen LogP contribution in [0.2, 0.25) is 0 Å². The summed E-state index contributed by atoms with van der Waals surface area (Å²) in [6.07, 6.45) is 0. The Labute approximate surface area is 168 Å². The van der Waals surface area contributed by atoms with Gasteiger partial charge in [-0.05, 0) is 23.3 Å². The molecule has 0 heterocycles. The van der Waals surface area contributed by atoms with Gasteiger partial charge in [0.15, 0.2) is 6.61 Å². The van der Waals surface area contributed by atoms with Gasteiger partial charge in [0.1, 0.15) is 11.6 Å². The molecule has 0 saturated heterocycles. The van der Waals surface area contributed by atoms with Crippen LogP contribution in [0.3, 0.4) is 0 Å². The van der Waals surface area contributed by atoms with E-state index in [0.717, 1.165) is 23.3 Å². The van der Waals surface area contributed by atoms with Gasteiger partial charge in [-0.2, -0.15) is 0 Å². The topological polar surface area (TPSA) is 78.8 Å². The third kappa shape index (κ3) is 5.19. The Morgan fingerprint density at radius 3 is 1.83 bits per heavy atom. The number of halogens is 1. The number of aliphatic hydroxyl groups excluding tert-OH is 2. The quantitative estimate of drug-likeness (QED) is 0.548. The number of carbonyl (C=O) groups is 1. The van der Waals surface area contributed by atoms with Crippen LogP contribution in [0.15, 0.2) is 72.8 Å². The number of benzene rings is 3. The van der Waals surface area contributed by atoms with Gasteiger partial charge < -0.3 is 20.3 Å². The molecule has 0 atom stereocenters.